The predicted octanol–water partition coefficient (Wildman–Crippen LogP) is 3.03. The van der Waals surface area contributed by atoms with E-state index in [-0.39, 0.29) is 5.41 Å². The molecule has 2 aliphatic rings. The summed E-state index contributed by atoms with van der Waals surface area (Å²) in [6, 6.07) is 0. The molecular formula is C20H39N3O2. The van der Waals surface area contributed by atoms with Gasteiger partial charge in [-0.2, -0.15) is 0 Å². The predicted molar refractivity (Wildman–Crippen MR) is 104 cm³/mol. The van der Waals surface area contributed by atoms with Crippen molar-refractivity contribution in [2.75, 3.05) is 39.3 Å². The van der Waals surface area contributed by atoms with Crippen LogP contribution in [0.1, 0.15) is 65.7 Å². The van der Waals surface area contributed by atoms with E-state index in [2.05, 4.69) is 36.1 Å². The zero-order valence-corrected chi connectivity index (χ0v) is 16.6. The number of nitrogens with one attached hydrogen (secondary N) is 1. The molecule has 0 spiro atoms. The Labute approximate surface area is 154 Å². The van der Waals surface area contributed by atoms with Gasteiger partial charge in [0.2, 0.25) is 0 Å². The third kappa shape index (κ3) is 5.93. The Hall–Kier alpha value is -0.650. The smallest absolute Gasteiger partial charge is 0.144 e. The van der Waals surface area contributed by atoms with Gasteiger partial charge in [-0.05, 0) is 70.6 Å². The number of oxime groups is 1. The van der Waals surface area contributed by atoms with E-state index in [1.54, 1.807) is 0 Å². The number of nitrogens with zero attached hydrogens (tertiary/aromatic N) is 2. The highest BCUT2D eigenvalue weighted by molar-refractivity contribution is 5.91. The van der Waals surface area contributed by atoms with E-state index >= 15 is 0 Å². The third-order valence-electron chi connectivity index (χ3n) is 6.21. The molecule has 0 bridgehead atoms. The first kappa shape index (κ1) is 20.7. The van der Waals surface area contributed by atoms with E-state index in [1.807, 2.05) is 0 Å². The Balaban J connectivity index is 1.92. The van der Waals surface area contributed by atoms with Gasteiger partial charge in [-0.3, -0.25) is 0 Å². The Kier molecular flexibility index (Phi) is 8.67. The average Bonchev–Trinajstić information content (AvgIpc) is 2.66. The van der Waals surface area contributed by atoms with Gasteiger partial charge >= 0.3 is 0 Å². The van der Waals surface area contributed by atoms with Crippen LogP contribution in [-0.2, 0) is 4.84 Å². The zero-order valence-electron chi connectivity index (χ0n) is 16.6. The molecule has 25 heavy (non-hydrogen) atoms. The van der Waals surface area contributed by atoms with Crippen molar-refractivity contribution in [3.05, 3.63) is 0 Å². The molecule has 5 nitrogen and oxygen atoms in total. The number of likely N-dealkylation sites (tertiary alicyclic amines) is 1. The molecule has 0 aliphatic carbocycles. The van der Waals surface area contributed by atoms with E-state index in [4.69, 9.17) is 4.84 Å². The van der Waals surface area contributed by atoms with Gasteiger partial charge in [-0.15, -0.1) is 0 Å². The fourth-order valence-corrected chi connectivity index (χ4v) is 4.28. The van der Waals surface area contributed by atoms with Gasteiger partial charge in [0.25, 0.3) is 0 Å². The van der Waals surface area contributed by atoms with Crippen LogP contribution in [0.3, 0.4) is 0 Å². The van der Waals surface area contributed by atoms with Crippen LogP contribution in [0.25, 0.3) is 0 Å². The SMILES string of the molecule is CCC(C)/C(=N\OCC(O)CN1CCCCC1)C1(CC)CCNCC1. The number of rotatable bonds is 9. The van der Waals surface area contributed by atoms with Crippen LogP contribution in [0.5, 0.6) is 0 Å². The largest absolute Gasteiger partial charge is 0.393 e. The Morgan fingerprint density at radius 3 is 2.48 bits per heavy atom. The fraction of sp³-hybridized carbons (Fsp3) is 0.950. The molecule has 2 fully saturated rings. The Morgan fingerprint density at radius 2 is 1.88 bits per heavy atom. The van der Waals surface area contributed by atoms with E-state index in [9.17, 15) is 5.11 Å². The molecule has 2 unspecified atom stereocenters. The summed E-state index contributed by atoms with van der Waals surface area (Å²) in [7, 11) is 0. The lowest BCUT2D eigenvalue weighted by Crippen LogP contribution is -2.44. The van der Waals surface area contributed by atoms with Crippen molar-refractivity contribution in [3.63, 3.8) is 0 Å². The Bertz CT molecular complexity index is 402. The highest BCUT2D eigenvalue weighted by Crippen LogP contribution is 2.37. The lowest BCUT2D eigenvalue weighted by Gasteiger charge is -2.39. The third-order valence-corrected chi connectivity index (χ3v) is 6.21. The molecule has 2 saturated heterocycles. The Morgan fingerprint density at radius 1 is 1.20 bits per heavy atom. The van der Waals surface area contributed by atoms with Gasteiger partial charge in [-0.1, -0.05) is 32.3 Å². The van der Waals surface area contributed by atoms with Crippen LogP contribution in [0.2, 0.25) is 0 Å². The minimum absolute atomic E-state index is 0.165. The van der Waals surface area contributed by atoms with Crippen LogP contribution in [0.4, 0.5) is 0 Å². The van der Waals surface area contributed by atoms with E-state index in [0.717, 1.165) is 51.9 Å². The van der Waals surface area contributed by atoms with Gasteiger partial charge in [0.1, 0.15) is 12.7 Å². The van der Waals surface area contributed by atoms with Gasteiger partial charge in [-0.25, -0.2) is 0 Å². The molecule has 2 rings (SSSR count). The molecule has 0 saturated carbocycles. The van der Waals surface area contributed by atoms with Gasteiger partial charge in [0, 0.05) is 12.0 Å². The van der Waals surface area contributed by atoms with Crippen molar-refractivity contribution in [2.24, 2.45) is 16.5 Å². The molecule has 0 amide bonds. The summed E-state index contributed by atoms with van der Waals surface area (Å²) in [4.78, 5) is 8.04. The van der Waals surface area contributed by atoms with Crippen molar-refractivity contribution in [1.29, 1.82) is 0 Å². The summed E-state index contributed by atoms with van der Waals surface area (Å²) in [6.45, 7) is 12.1. The second-order valence-electron chi connectivity index (χ2n) is 7.98. The molecule has 2 N–H and O–H groups in total. The number of hydrogen-bond donors (Lipinski definition) is 2. The molecular weight excluding hydrogens is 314 g/mol. The molecule has 0 radical (unpaired) electrons. The minimum atomic E-state index is -0.453. The maximum Gasteiger partial charge on any atom is 0.144 e. The first-order valence-electron chi connectivity index (χ1n) is 10.4. The molecule has 5 heteroatoms. The quantitative estimate of drug-likeness (QED) is 0.494. The van der Waals surface area contributed by atoms with E-state index in [1.165, 1.54) is 25.0 Å². The highest BCUT2D eigenvalue weighted by atomic mass is 16.6. The molecule has 2 heterocycles. The maximum atomic E-state index is 10.3. The zero-order chi connectivity index (χ0) is 18.1. The monoisotopic (exact) mass is 353 g/mol. The number of aliphatic hydroxyl groups excluding tert-OH is 1. The van der Waals surface area contributed by atoms with Gasteiger partial charge < -0.3 is 20.2 Å². The van der Waals surface area contributed by atoms with Crippen molar-refractivity contribution in [1.82, 2.24) is 10.2 Å². The summed E-state index contributed by atoms with van der Waals surface area (Å²) in [5, 5.41) is 18.4. The van der Waals surface area contributed by atoms with E-state index < -0.39 is 6.10 Å². The van der Waals surface area contributed by atoms with Crippen molar-refractivity contribution < 1.29 is 9.94 Å². The first-order valence-corrected chi connectivity index (χ1v) is 10.4. The lowest BCUT2D eigenvalue weighted by atomic mass is 9.69. The molecule has 0 aromatic carbocycles. The maximum absolute atomic E-state index is 10.3. The topological polar surface area (TPSA) is 57.1 Å². The van der Waals surface area contributed by atoms with Crippen LogP contribution in [0.15, 0.2) is 5.16 Å². The van der Waals surface area contributed by atoms with Crippen LogP contribution < -0.4 is 5.32 Å². The number of aliphatic hydroxyl groups is 1. The summed E-state index contributed by atoms with van der Waals surface area (Å²) >= 11 is 0. The van der Waals surface area contributed by atoms with Crippen molar-refractivity contribution >= 4 is 5.71 Å². The highest BCUT2D eigenvalue weighted by Gasteiger charge is 2.38. The van der Waals surface area contributed by atoms with Crippen molar-refractivity contribution in [3.8, 4) is 0 Å². The number of β-amino-alcohol motifs (C(OH)–C–C–N with tert-alkyl or cyclic N) is 1. The minimum Gasteiger partial charge on any atom is -0.393 e. The molecule has 2 aliphatic heterocycles. The number of piperidine rings is 2. The standard InChI is InChI=1S/C20H39N3O2/c1-4-17(3)19(20(5-2)9-11-21-12-10-20)22-25-16-18(24)15-23-13-7-6-8-14-23/h17-18,21,24H,4-16H2,1-3H3/b22-19+. The van der Waals surface area contributed by atoms with Gasteiger partial charge in [0.15, 0.2) is 0 Å². The second kappa shape index (κ2) is 10.5. The van der Waals surface area contributed by atoms with Gasteiger partial charge in [0.05, 0.1) is 5.71 Å². The molecule has 0 aromatic rings. The second-order valence-corrected chi connectivity index (χ2v) is 7.98. The molecule has 0 aromatic heterocycles. The molecule has 146 valence electrons. The summed E-state index contributed by atoms with van der Waals surface area (Å²) in [6.07, 6.45) is 7.81. The van der Waals surface area contributed by atoms with Crippen molar-refractivity contribution in [2.45, 2.75) is 71.8 Å². The fourth-order valence-electron chi connectivity index (χ4n) is 4.28. The normalized spacial score (nSPS) is 24.7. The lowest BCUT2D eigenvalue weighted by molar-refractivity contribution is 0.0138. The van der Waals surface area contributed by atoms with Crippen LogP contribution in [0, 0.1) is 11.3 Å². The summed E-state index contributed by atoms with van der Waals surface area (Å²) < 4.78 is 0. The summed E-state index contributed by atoms with van der Waals surface area (Å²) in [5.41, 5.74) is 1.38. The van der Waals surface area contributed by atoms with Crippen LogP contribution >= 0.6 is 0 Å². The first-order chi connectivity index (χ1) is 12.1. The molecule has 2 atom stereocenters. The number of hydrogen-bond acceptors (Lipinski definition) is 5. The van der Waals surface area contributed by atoms with E-state index in [0.29, 0.717) is 19.1 Å². The van der Waals surface area contributed by atoms with Crippen LogP contribution in [-0.4, -0.2) is 61.2 Å². The average molecular weight is 354 g/mol. The summed E-state index contributed by atoms with van der Waals surface area (Å²) in [5.74, 6) is 0.428.